The molecule has 0 bridgehead atoms. The summed E-state index contributed by atoms with van der Waals surface area (Å²) in [5.41, 5.74) is 0.677. The maximum atomic E-state index is 11.5. The van der Waals surface area contributed by atoms with Crippen LogP contribution in [0.25, 0.3) is 10.8 Å². The normalized spacial score (nSPS) is 12.5. The van der Waals surface area contributed by atoms with Crippen molar-refractivity contribution < 1.29 is 30.7 Å². The van der Waals surface area contributed by atoms with E-state index < -0.39 is 20.2 Å². The molecule has 3 rings (SSSR count). The summed E-state index contributed by atoms with van der Waals surface area (Å²) in [6.45, 7) is 0.436. The predicted molar refractivity (Wildman–Crippen MR) is 123 cm³/mol. The minimum Gasteiger partial charge on any atom is -0.491 e. The Bertz CT molecular complexity index is 1360. The second-order valence-electron chi connectivity index (χ2n) is 6.68. The molecule has 3 aromatic rings. The summed E-state index contributed by atoms with van der Waals surface area (Å²) in [6, 6.07) is 12.5. The minimum atomic E-state index is -4.37. The highest BCUT2D eigenvalue weighted by molar-refractivity contribution is 9.09. The van der Waals surface area contributed by atoms with Gasteiger partial charge in [0.2, 0.25) is 0 Å². The highest BCUT2D eigenvalue weighted by Crippen LogP contribution is 2.38. The lowest BCUT2D eigenvalue weighted by molar-refractivity contribution is 0.311. The van der Waals surface area contributed by atoms with Crippen molar-refractivity contribution in [3.63, 3.8) is 0 Å². The van der Waals surface area contributed by atoms with E-state index in [1.54, 1.807) is 12.1 Å². The first kappa shape index (κ1) is 24.3. The van der Waals surface area contributed by atoms with Gasteiger partial charge in [0.05, 0.1) is 22.1 Å². The van der Waals surface area contributed by atoms with Gasteiger partial charge in [0.25, 0.3) is 20.2 Å². The molecule has 3 aromatic carbocycles. The number of alkyl halides is 1. The molecular formula is C20H19BrN2O7S2. The Morgan fingerprint density at radius 1 is 0.812 bits per heavy atom. The molecule has 0 fully saturated rings. The van der Waals surface area contributed by atoms with E-state index in [9.17, 15) is 21.4 Å². The molecule has 0 aliphatic heterocycles. The molecule has 0 saturated carbocycles. The van der Waals surface area contributed by atoms with Gasteiger partial charge in [-0.05, 0) is 60.7 Å². The van der Waals surface area contributed by atoms with Gasteiger partial charge in [-0.1, -0.05) is 28.1 Å². The van der Waals surface area contributed by atoms with Crippen molar-refractivity contribution in [2.45, 2.75) is 22.6 Å². The van der Waals surface area contributed by atoms with E-state index in [4.69, 9.17) is 9.29 Å². The van der Waals surface area contributed by atoms with Crippen molar-refractivity contribution in [3.8, 4) is 5.75 Å². The molecule has 0 aliphatic rings. The number of hydrogen-bond acceptors (Lipinski definition) is 7. The Morgan fingerprint density at radius 2 is 1.47 bits per heavy atom. The summed E-state index contributed by atoms with van der Waals surface area (Å²) in [4.78, 5) is -0.519. The third-order valence-corrected chi connectivity index (χ3v) is 6.69. The molecular weight excluding hydrogens is 524 g/mol. The maximum absolute atomic E-state index is 11.5. The van der Waals surface area contributed by atoms with Gasteiger partial charge in [-0.3, -0.25) is 9.11 Å². The van der Waals surface area contributed by atoms with E-state index in [0.717, 1.165) is 18.2 Å². The molecule has 0 heterocycles. The average molecular weight is 543 g/mol. The van der Waals surface area contributed by atoms with Crippen LogP contribution in [0.1, 0.15) is 12.8 Å². The Labute approximate surface area is 193 Å². The molecule has 0 aliphatic carbocycles. The van der Waals surface area contributed by atoms with E-state index >= 15 is 0 Å². The number of rotatable bonds is 9. The summed E-state index contributed by atoms with van der Waals surface area (Å²) in [5, 5.41) is 10.3. The molecule has 0 radical (unpaired) electrons. The number of halogens is 1. The number of azo groups is 1. The number of benzene rings is 3. The lowest BCUT2D eigenvalue weighted by Gasteiger charge is -2.11. The first-order chi connectivity index (χ1) is 15.1. The van der Waals surface area contributed by atoms with Gasteiger partial charge in [-0.15, -0.1) is 5.11 Å². The smallest absolute Gasteiger partial charge is 0.294 e. The van der Waals surface area contributed by atoms with E-state index in [0.29, 0.717) is 34.5 Å². The van der Waals surface area contributed by atoms with Gasteiger partial charge in [0.1, 0.15) is 11.4 Å². The fourth-order valence-corrected chi connectivity index (χ4v) is 4.22. The first-order valence-corrected chi connectivity index (χ1v) is 13.3. The fourth-order valence-electron chi connectivity index (χ4n) is 2.82. The number of unbranched alkanes of at least 4 members (excludes halogenated alkanes) is 1. The second-order valence-corrected chi connectivity index (χ2v) is 10.3. The highest BCUT2D eigenvalue weighted by atomic mass is 79.9. The SMILES string of the molecule is O=S(=O)(O)c1ccc(N=Nc2c(OCCCCBr)ccc3cc(S(=O)(=O)O)ccc23)cc1. The summed E-state index contributed by atoms with van der Waals surface area (Å²) < 4.78 is 69.5. The van der Waals surface area contributed by atoms with Crippen LogP contribution >= 0.6 is 15.9 Å². The van der Waals surface area contributed by atoms with Gasteiger partial charge in [0.15, 0.2) is 0 Å². The molecule has 0 amide bonds. The first-order valence-electron chi connectivity index (χ1n) is 9.32. The van der Waals surface area contributed by atoms with Gasteiger partial charge in [0, 0.05) is 10.7 Å². The zero-order chi connectivity index (χ0) is 23.4. The standard InChI is InChI=1S/C20H19BrN2O7S2/c21-11-1-2-12-30-19-10-3-14-13-17(32(27,28)29)8-9-18(14)20(19)23-22-15-4-6-16(7-5-15)31(24,25)26/h3-10,13H,1-2,11-12H2,(H,24,25,26)(H,27,28,29). The number of nitrogens with zero attached hydrogens (tertiary/aromatic N) is 2. The van der Waals surface area contributed by atoms with Gasteiger partial charge in [-0.25, -0.2) is 0 Å². The van der Waals surface area contributed by atoms with Crippen LogP contribution < -0.4 is 4.74 Å². The Hall–Kier alpha value is -2.38. The highest BCUT2D eigenvalue weighted by Gasteiger charge is 2.14. The lowest BCUT2D eigenvalue weighted by Crippen LogP contribution is -1.99. The molecule has 170 valence electrons. The zero-order valence-corrected chi connectivity index (χ0v) is 19.8. The van der Waals surface area contributed by atoms with E-state index in [1.807, 2.05) is 0 Å². The van der Waals surface area contributed by atoms with Crippen LogP contribution in [-0.4, -0.2) is 37.9 Å². The molecule has 12 heteroatoms. The number of fused-ring (bicyclic) bond motifs is 1. The van der Waals surface area contributed by atoms with Crippen LogP contribution in [-0.2, 0) is 20.2 Å². The fraction of sp³-hybridized carbons (Fsp3) is 0.200. The third-order valence-electron chi connectivity index (χ3n) is 4.41. The van der Waals surface area contributed by atoms with E-state index in [-0.39, 0.29) is 9.79 Å². The summed E-state index contributed by atoms with van der Waals surface area (Å²) >= 11 is 3.36. The summed E-state index contributed by atoms with van der Waals surface area (Å²) in [5.74, 6) is 0.435. The Morgan fingerprint density at radius 3 is 2.09 bits per heavy atom. The maximum Gasteiger partial charge on any atom is 0.294 e. The lowest BCUT2D eigenvalue weighted by atomic mass is 10.1. The summed E-state index contributed by atoms with van der Waals surface area (Å²) in [6.07, 6.45) is 1.72. The van der Waals surface area contributed by atoms with Crippen LogP contribution in [0.2, 0.25) is 0 Å². The largest absolute Gasteiger partial charge is 0.491 e. The van der Waals surface area contributed by atoms with Crippen molar-refractivity contribution in [1.82, 2.24) is 0 Å². The quantitative estimate of drug-likeness (QED) is 0.161. The topological polar surface area (TPSA) is 143 Å². The number of hydrogen-bond donors (Lipinski definition) is 2. The van der Waals surface area contributed by atoms with Crippen molar-refractivity contribution in [2.24, 2.45) is 10.2 Å². The molecule has 32 heavy (non-hydrogen) atoms. The van der Waals surface area contributed by atoms with E-state index in [1.165, 1.54) is 42.5 Å². The average Bonchev–Trinajstić information content (AvgIpc) is 2.74. The van der Waals surface area contributed by atoms with Crippen LogP contribution in [0.3, 0.4) is 0 Å². The van der Waals surface area contributed by atoms with Gasteiger partial charge >= 0.3 is 0 Å². The van der Waals surface area contributed by atoms with Crippen molar-refractivity contribution in [1.29, 1.82) is 0 Å². The summed E-state index contributed by atoms with van der Waals surface area (Å²) in [7, 11) is -8.69. The molecule has 0 unspecified atom stereocenters. The third kappa shape index (κ3) is 6.11. The van der Waals surface area contributed by atoms with Crippen LogP contribution in [0, 0.1) is 0 Å². The predicted octanol–water partition coefficient (Wildman–Crippen LogP) is 5.30. The minimum absolute atomic E-state index is 0.250. The molecule has 2 N–H and O–H groups in total. The molecule has 0 saturated heterocycles. The van der Waals surface area contributed by atoms with Crippen molar-refractivity contribution in [3.05, 3.63) is 54.6 Å². The van der Waals surface area contributed by atoms with Crippen molar-refractivity contribution in [2.75, 3.05) is 11.9 Å². The molecule has 0 aromatic heterocycles. The van der Waals surface area contributed by atoms with E-state index in [2.05, 4.69) is 26.2 Å². The van der Waals surface area contributed by atoms with Crippen molar-refractivity contribution >= 4 is 58.3 Å². The van der Waals surface area contributed by atoms with Crippen LogP contribution in [0.15, 0.2) is 74.6 Å². The van der Waals surface area contributed by atoms with Crippen LogP contribution in [0.5, 0.6) is 5.75 Å². The molecule has 9 nitrogen and oxygen atoms in total. The molecule has 0 atom stereocenters. The zero-order valence-electron chi connectivity index (χ0n) is 16.5. The van der Waals surface area contributed by atoms with Crippen LogP contribution in [0.4, 0.5) is 11.4 Å². The molecule has 0 spiro atoms. The number of ether oxygens (including phenoxy) is 1. The van der Waals surface area contributed by atoms with Gasteiger partial charge in [-0.2, -0.15) is 21.9 Å². The Kier molecular flexibility index (Phi) is 7.62. The Balaban J connectivity index is 2.02. The monoisotopic (exact) mass is 542 g/mol. The van der Waals surface area contributed by atoms with Gasteiger partial charge < -0.3 is 4.74 Å². The second kappa shape index (κ2) is 10.0.